The van der Waals surface area contributed by atoms with Crippen molar-refractivity contribution in [3.63, 3.8) is 0 Å². The van der Waals surface area contributed by atoms with Crippen molar-refractivity contribution in [2.45, 2.75) is 44.4 Å². The van der Waals surface area contributed by atoms with Gasteiger partial charge in [-0.25, -0.2) is 9.79 Å². The van der Waals surface area contributed by atoms with E-state index >= 15 is 0 Å². The summed E-state index contributed by atoms with van der Waals surface area (Å²) in [7, 11) is 0. The molecule has 188 valence electrons. The number of urea groups is 1. The van der Waals surface area contributed by atoms with E-state index in [9.17, 15) is 15.0 Å². The molecule has 3 heterocycles. The summed E-state index contributed by atoms with van der Waals surface area (Å²) in [6.07, 6.45) is 1.11. The Labute approximate surface area is 209 Å². The van der Waals surface area contributed by atoms with Gasteiger partial charge in [-0.2, -0.15) is 0 Å². The number of benzene rings is 2. The van der Waals surface area contributed by atoms with E-state index < -0.39 is 30.6 Å². The number of carbonyl (C=O) groups excluding carboxylic acids is 1. The van der Waals surface area contributed by atoms with Crippen molar-refractivity contribution in [2.24, 2.45) is 10.7 Å². The molecule has 1 aromatic heterocycles. The van der Waals surface area contributed by atoms with Gasteiger partial charge in [0.1, 0.15) is 24.4 Å². The Morgan fingerprint density at radius 2 is 1.89 bits per heavy atom. The number of aliphatic imine (C=N–C) groups is 1. The van der Waals surface area contributed by atoms with Crippen LogP contribution in [0.2, 0.25) is 0 Å². The maximum atomic E-state index is 10.8. The first-order valence-electron chi connectivity index (χ1n) is 11.9. The number of hydrogen-bond donors (Lipinski definition) is 5. The van der Waals surface area contributed by atoms with Gasteiger partial charge in [0.05, 0.1) is 18.3 Å². The lowest BCUT2D eigenvalue weighted by molar-refractivity contribution is -0.0308. The Bertz CT molecular complexity index is 1240. The van der Waals surface area contributed by atoms with E-state index in [0.717, 1.165) is 27.9 Å². The van der Waals surface area contributed by atoms with Crippen LogP contribution in [0.4, 0.5) is 16.3 Å². The number of amides is 2. The number of aliphatic hydroxyl groups excluding tert-OH is 2. The molecule has 0 unspecified atom stereocenters. The molecule has 0 saturated carbocycles. The van der Waals surface area contributed by atoms with Crippen LogP contribution in [0.15, 0.2) is 65.8 Å². The van der Waals surface area contributed by atoms with E-state index in [2.05, 4.69) is 10.7 Å². The topological polar surface area (TPSA) is 137 Å². The van der Waals surface area contributed by atoms with Crippen LogP contribution in [-0.2, 0) is 17.7 Å². The number of hydrogen-bond acceptors (Lipinski definition) is 7. The monoisotopic (exact) mass is 490 g/mol. The molecule has 0 spiro atoms. The van der Waals surface area contributed by atoms with Gasteiger partial charge in [0.15, 0.2) is 6.23 Å². The molecule has 0 bridgehead atoms. The lowest BCUT2D eigenvalue weighted by Gasteiger charge is -2.26. The quantitative estimate of drug-likeness (QED) is 0.345. The Hall–Kier alpha value is -3.86. The minimum Gasteiger partial charge on any atom is -0.388 e. The summed E-state index contributed by atoms with van der Waals surface area (Å²) in [5.74, 6) is 0.689. The van der Waals surface area contributed by atoms with Crippen molar-refractivity contribution in [2.75, 3.05) is 12.0 Å². The Balaban J connectivity index is 1.37. The highest BCUT2D eigenvalue weighted by Gasteiger charge is 2.42. The second-order valence-corrected chi connectivity index (χ2v) is 9.05. The summed E-state index contributed by atoms with van der Waals surface area (Å²) in [4.78, 5) is 15.5. The normalized spacial score (nSPS) is 22.9. The molecular formula is C26H30N6O4. The first kappa shape index (κ1) is 23.9. The molecule has 4 atom stereocenters. The standard InChI is InChI=1S/C26H30N6O4/c1-16-22(33)23(34)25(36-16)32-14-20(18-5-3-2-4-6-18)21-13-31(15-29-24(21)32)30-19-9-7-17(8-10-19)11-12-28-26(27)35/h2-10,14-16,22-23,25,30,33-34H,11-13H2,1H3,(H3,27,28,35)/t16-,22-,23-,25-/m1/s1. The van der Waals surface area contributed by atoms with Gasteiger partial charge in [-0.05, 0) is 36.6 Å². The number of ether oxygens (including phenoxy) is 1. The number of hydrazine groups is 1. The minimum absolute atomic E-state index is 0.483. The molecule has 3 aromatic rings. The molecule has 5 rings (SSSR count). The molecule has 0 aliphatic carbocycles. The highest BCUT2D eigenvalue weighted by Crippen LogP contribution is 2.41. The third-order valence-electron chi connectivity index (χ3n) is 6.53. The van der Waals surface area contributed by atoms with Crippen molar-refractivity contribution in [3.05, 3.63) is 71.9 Å². The second-order valence-electron chi connectivity index (χ2n) is 9.05. The predicted octanol–water partition coefficient (Wildman–Crippen LogP) is 2.51. The third kappa shape index (κ3) is 4.78. The number of aliphatic hydroxyl groups is 2. The third-order valence-corrected chi connectivity index (χ3v) is 6.53. The van der Waals surface area contributed by atoms with E-state index in [4.69, 9.17) is 15.5 Å². The predicted molar refractivity (Wildman–Crippen MR) is 137 cm³/mol. The van der Waals surface area contributed by atoms with Gasteiger partial charge in [0, 0.05) is 23.9 Å². The van der Waals surface area contributed by atoms with Gasteiger partial charge in [0.25, 0.3) is 0 Å². The maximum Gasteiger partial charge on any atom is 0.312 e. The Morgan fingerprint density at radius 1 is 1.14 bits per heavy atom. The molecule has 10 nitrogen and oxygen atoms in total. The number of rotatable bonds is 7. The summed E-state index contributed by atoms with van der Waals surface area (Å²) < 4.78 is 7.71. The van der Waals surface area contributed by atoms with Gasteiger partial charge in [0.2, 0.25) is 0 Å². The SMILES string of the molecule is C[C@H]1O[C@@H](n2cc(-c3ccccc3)c3c2N=CN(Nc2ccc(CCNC(N)=O)cc2)C3)[C@H](O)[C@@H]1O. The van der Waals surface area contributed by atoms with E-state index in [-0.39, 0.29) is 0 Å². The van der Waals surface area contributed by atoms with Crippen molar-refractivity contribution >= 4 is 23.9 Å². The molecule has 6 N–H and O–H groups in total. The smallest absolute Gasteiger partial charge is 0.312 e. The highest BCUT2D eigenvalue weighted by atomic mass is 16.6. The van der Waals surface area contributed by atoms with Crippen LogP contribution in [0.3, 0.4) is 0 Å². The number of nitrogens with zero attached hydrogens (tertiary/aromatic N) is 3. The summed E-state index contributed by atoms with van der Waals surface area (Å²) >= 11 is 0. The van der Waals surface area contributed by atoms with Gasteiger partial charge >= 0.3 is 6.03 Å². The van der Waals surface area contributed by atoms with Crippen LogP contribution in [0.5, 0.6) is 0 Å². The summed E-state index contributed by atoms with van der Waals surface area (Å²) in [5.41, 5.74) is 13.4. The average molecular weight is 491 g/mol. The van der Waals surface area contributed by atoms with Crippen LogP contribution in [-0.4, -0.2) is 57.0 Å². The summed E-state index contributed by atoms with van der Waals surface area (Å²) in [6.45, 7) is 2.76. The second kappa shape index (κ2) is 10.0. The van der Waals surface area contributed by atoms with Crippen LogP contribution in [0.1, 0.15) is 24.3 Å². The van der Waals surface area contributed by atoms with Crippen LogP contribution in [0, 0.1) is 0 Å². The number of aromatic nitrogens is 1. The summed E-state index contributed by atoms with van der Waals surface area (Å²) in [5, 5.41) is 25.4. The maximum absolute atomic E-state index is 10.8. The number of carbonyl (C=O) groups is 1. The van der Waals surface area contributed by atoms with Gasteiger partial charge in [-0.3, -0.25) is 10.4 Å². The van der Waals surface area contributed by atoms with E-state index in [1.54, 1.807) is 13.3 Å². The molecule has 2 aliphatic rings. The van der Waals surface area contributed by atoms with E-state index in [1.807, 2.05) is 70.4 Å². The summed E-state index contributed by atoms with van der Waals surface area (Å²) in [6, 6.07) is 17.4. The minimum atomic E-state index is -1.05. The van der Waals surface area contributed by atoms with Crippen molar-refractivity contribution in [1.82, 2.24) is 14.9 Å². The molecule has 2 amide bonds. The highest BCUT2D eigenvalue weighted by molar-refractivity contribution is 5.77. The zero-order valence-corrected chi connectivity index (χ0v) is 19.9. The fraction of sp³-hybridized carbons (Fsp3) is 0.308. The molecule has 0 radical (unpaired) electrons. The van der Waals surface area contributed by atoms with E-state index in [1.165, 1.54) is 0 Å². The van der Waals surface area contributed by atoms with E-state index in [0.29, 0.717) is 25.3 Å². The molecule has 1 fully saturated rings. The number of fused-ring (bicyclic) bond motifs is 1. The molecule has 2 aliphatic heterocycles. The van der Waals surface area contributed by atoms with Crippen LogP contribution >= 0.6 is 0 Å². The lowest BCUT2D eigenvalue weighted by Crippen LogP contribution is -2.31. The largest absolute Gasteiger partial charge is 0.388 e. The molecule has 10 heteroatoms. The Kier molecular flexibility index (Phi) is 6.64. The van der Waals surface area contributed by atoms with Gasteiger partial charge in [-0.15, -0.1) is 0 Å². The van der Waals surface area contributed by atoms with Gasteiger partial charge < -0.3 is 30.6 Å². The van der Waals surface area contributed by atoms with Crippen molar-refractivity contribution in [1.29, 1.82) is 0 Å². The van der Waals surface area contributed by atoms with Crippen molar-refractivity contribution < 1.29 is 19.7 Å². The molecule has 36 heavy (non-hydrogen) atoms. The molecule has 1 saturated heterocycles. The van der Waals surface area contributed by atoms with Crippen molar-refractivity contribution in [3.8, 4) is 11.1 Å². The fourth-order valence-corrected chi connectivity index (χ4v) is 4.62. The number of anilines is 1. The zero-order valence-electron chi connectivity index (χ0n) is 19.9. The number of nitrogens with one attached hydrogen (secondary N) is 2. The zero-order chi connectivity index (χ0) is 25.2. The number of primary amides is 1. The first-order valence-corrected chi connectivity index (χ1v) is 11.9. The van der Waals surface area contributed by atoms with Crippen LogP contribution in [0.25, 0.3) is 11.1 Å². The van der Waals surface area contributed by atoms with Crippen LogP contribution < -0.4 is 16.5 Å². The lowest BCUT2D eigenvalue weighted by atomic mass is 10.0. The average Bonchev–Trinajstić information content (AvgIpc) is 3.37. The van der Waals surface area contributed by atoms with Gasteiger partial charge in [-0.1, -0.05) is 42.5 Å². The first-order chi connectivity index (χ1) is 17.4. The molecule has 2 aromatic carbocycles. The fourth-order valence-electron chi connectivity index (χ4n) is 4.62. The Morgan fingerprint density at radius 3 is 2.56 bits per heavy atom. The molecular weight excluding hydrogens is 460 g/mol. The number of nitrogens with two attached hydrogens (primary N) is 1.